The molecule has 15 heavy (non-hydrogen) atoms. The van der Waals surface area contributed by atoms with Gasteiger partial charge in [-0.1, -0.05) is 0 Å². The molecule has 0 spiro atoms. The number of alkyl halides is 3. The summed E-state index contributed by atoms with van der Waals surface area (Å²) in [4.78, 5) is 3.45. The number of nitrogens with two attached hydrogens (primary N) is 2. The highest BCUT2D eigenvalue weighted by Gasteiger charge is 2.33. The van der Waals surface area contributed by atoms with Crippen LogP contribution in [0.4, 0.5) is 18.9 Å². The van der Waals surface area contributed by atoms with Gasteiger partial charge in [-0.05, 0) is 15.9 Å². The van der Waals surface area contributed by atoms with E-state index in [0.29, 0.717) is 4.47 Å². The summed E-state index contributed by atoms with van der Waals surface area (Å²) in [6.07, 6.45) is -3.69. The van der Waals surface area contributed by atoms with Crippen LogP contribution in [0.15, 0.2) is 10.7 Å². The van der Waals surface area contributed by atoms with Gasteiger partial charge in [-0.25, -0.2) is 4.98 Å². The van der Waals surface area contributed by atoms with Gasteiger partial charge in [-0.15, -0.1) is 13.2 Å². The van der Waals surface area contributed by atoms with Crippen LogP contribution in [0.5, 0.6) is 5.88 Å². The number of halogens is 4. The second-order valence-electron chi connectivity index (χ2n) is 2.56. The number of anilines is 1. The van der Waals surface area contributed by atoms with E-state index in [9.17, 15) is 13.2 Å². The smallest absolute Gasteiger partial charge is 0.397 e. The maximum Gasteiger partial charge on any atom is 0.574 e. The van der Waals surface area contributed by atoms with Crippen LogP contribution in [0.1, 0.15) is 5.56 Å². The van der Waals surface area contributed by atoms with E-state index in [1.807, 2.05) is 0 Å². The van der Waals surface area contributed by atoms with Gasteiger partial charge in [0, 0.05) is 12.7 Å². The lowest BCUT2D eigenvalue weighted by molar-refractivity contribution is -0.276. The Hall–Kier alpha value is -1.02. The molecule has 1 aromatic heterocycles. The fraction of sp³-hybridized carbons (Fsp3) is 0.286. The van der Waals surface area contributed by atoms with Gasteiger partial charge in [-0.2, -0.15) is 0 Å². The molecule has 0 fully saturated rings. The fourth-order valence-corrected chi connectivity index (χ4v) is 1.26. The van der Waals surface area contributed by atoms with E-state index in [4.69, 9.17) is 11.5 Å². The summed E-state index contributed by atoms with van der Waals surface area (Å²) in [5, 5.41) is 0. The minimum Gasteiger partial charge on any atom is -0.397 e. The monoisotopic (exact) mass is 285 g/mol. The number of pyridine rings is 1. The molecule has 0 atom stereocenters. The highest BCUT2D eigenvalue weighted by atomic mass is 79.9. The molecule has 8 heteroatoms. The number of aromatic nitrogens is 1. The van der Waals surface area contributed by atoms with Crippen LogP contribution in [0.2, 0.25) is 0 Å². The first-order valence-electron chi connectivity index (χ1n) is 3.74. The average Bonchev–Trinajstić information content (AvgIpc) is 2.10. The number of hydrogen-bond donors (Lipinski definition) is 2. The Morgan fingerprint density at radius 3 is 2.53 bits per heavy atom. The van der Waals surface area contributed by atoms with Crippen molar-refractivity contribution in [1.29, 1.82) is 0 Å². The van der Waals surface area contributed by atoms with Gasteiger partial charge in [0.2, 0.25) is 5.88 Å². The molecule has 84 valence electrons. The second-order valence-corrected chi connectivity index (χ2v) is 3.41. The molecule has 0 saturated carbocycles. The Bertz CT molecular complexity index is 369. The molecule has 0 unspecified atom stereocenters. The molecule has 1 rings (SSSR count). The number of hydrogen-bond acceptors (Lipinski definition) is 4. The third kappa shape index (κ3) is 2.96. The molecule has 0 bridgehead atoms. The Morgan fingerprint density at radius 2 is 2.07 bits per heavy atom. The van der Waals surface area contributed by atoms with Crippen LogP contribution < -0.4 is 16.2 Å². The number of rotatable bonds is 2. The first-order valence-corrected chi connectivity index (χ1v) is 4.53. The average molecular weight is 286 g/mol. The molecule has 0 amide bonds. The standard InChI is InChI=1S/C7H7BrF3N3O/c8-4-2-14-6(15-7(9,10)11)3(1-12)5(4)13/h2H,1,12H2,(H2,13,14). The van der Waals surface area contributed by atoms with Crippen molar-refractivity contribution in [3.05, 3.63) is 16.2 Å². The van der Waals surface area contributed by atoms with Gasteiger partial charge in [0.05, 0.1) is 15.7 Å². The molecule has 1 aromatic rings. The summed E-state index contributed by atoms with van der Waals surface area (Å²) in [6, 6.07) is 0. The van der Waals surface area contributed by atoms with E-state index in [1.54, 1.807) is 0 Å². The quantitative estimate of drug-likeness (QED) is 0.869. The van der Waals surface area contributed by atoms with Crippen molar-refractivity contribution >= 4 is 21.6 Å². The van der Waals surface area contributed by atoms with Crippen molar-refractivity contribution in [2.45, 2.75) is 12.9 Å². The highest BCUT2D eigenvalue weighted by molar-refractivity contribution is 9.10. The molecule has 0 aliphatic carbocycles. The highest BCUT2D eigenvalue weighted by Crippen LogP contribution is 2.31. The van der Waals surface area contributed by atoms with Crippen LogP contribution in [0, 0.1) is 0 Å². The third-order valence-electron chi connectivity index (χ3n) is 1.55. The fourth-order valence-electron chi connectivity index (χ4n) is 0.917. The van der Waals surface area contributed by atoms with Gasteiger partial charge in [0.1, 0.15) is 0 Å². The van der Waals surface area contributed by atoms with Gasteiger partial charge in [-0.3, -0.25) is 0 Å². The van der Waals surface area contributed by atoms with Crippen LogP contribution >= 0.6 is 15.9 Å². The van der Waals surface area contributed by atoms with Crippen LogP contribution in [0.25, 0.3) is 0 Å². The minimum atomic E-state index is -4.81. The zero-order chi connectivity index (χ0) is 11.6. The molecule has 0 saturated heterocycles. The SMILES string of the molecule is NCc1c(OC(F)(F)F)ncc(Br)c1N. The van der Waals surface area contributed by atoms with Crippen LogP contribution in [-0.4, -0.2) is 11.3 Å². The summed E-state index contributed by atoms with van der Waals surface area (Å²) in [5.74, 6) is -0.620. The zero-order valence-corrected chi connectivity index (χ0v) is 8.89. The van der Waals surface area contributed by atoms with Crippen LogP contribution in [-0.2, 0) is 6.54 Å². The summed E-state index contributed by atoms with van der Waals surface area (Å²) in [5.41, 5.74) is 10.9. The molecule has 0 aliphatic rings. The topological polar surface area (TPSA) is 74.2 Å². The summed E-state index contributed by atoms with van der Waals surface area (Å²) >= 11 is 3.02. The summed E-state index contributed by atoms with van der Waals surface area (Å²) in [7, 11) is 0. The van der Waals surface area contributed by atoms with Crippen molar-refractivity contribution in [2.75, 3.05) is 5.73 Å². The van der Waals surface area contributed by atoms with E-state index in [-0.39, 0.29) is 17.8 Å². The number of nitrogen functional groups attached to an aromatic ring is 1. The lowest BCUT2D eigenvalue weighted by Gasteiger charge is -2.13. The molecule has 1 heterocycles. The maximum atomic E-state index is 11.9. The van der Waals surface area contributed by atoms with Gasteiger partial charge in [0.15, 0.2) is 0 Å². The van der Waals surface area contributed by atoms with E-state index >= 15 is 0 Å². The van der Waals surface area contributed by atoms with Gasteiger partial charge < -0.3 is 16.2 Å². The van der Waals surface area contributed by atoms with Crippen LogP contribution in [0.3, 0.4) is 0 Å². The van der Waals surface area contributed by atoms with Crippen molar-refractivity contribution in [3.63, 3.8) is 0 Å². The first-order chi connectivity index (χ1) is 6.85. The number of nitrogens with zero attached hydrogens (tertiary/aromatic N) is 1. The molecule has 4 N–H and O–H groups in total. The Morgan fingerprint density at radius 1 is 1.47 bits per heavy atom. The van der Waals surface area contributed by atoms with Gasteiger partial charge >= 0.3 is 6.36 Å². The van der Waals surface area contributed by atoms with Gasteiger partial charge in [0.25, 0.3) is 0 Å². The third-order valence-corrected chi connectivity index (χ3v) is 2.18. The predicted octanol–water partition coefficient (Wildman–Crippen LogP) is 1.78. The lowest BCUT2D eigenvalue weighted by Crippen LogP contribution is -2.20. The second kappa shape index (κ2) is 4.23. The van der Waals surface area contributed by atoms with E-state index < -0.39 is 12.2 Å². The largest absolute Gasteiger partial charge is 0.574 e. The Balaban J connectivity index is 3.14. The maximum absolute atomic E-state index is 11.9. The molecule has 0 radical (unpaired) electrons. The van der Waals surface area contributed by atoms with Crippen molar-refractivity contribution in [1.82, 2.24) is 4.98 Å². The normalized spacial score (nSPS) is 11.5. The predicted molar refractivity (Wildman–Crippen MR) is 50.9 cm³/mol. The minimum absolute atomic E-state index is 0.0155. The molecular weight excluding hydrogens is 279 g/mol. The zero-order valence-electron chi connectivity index (χ0n) is 7.31. The van der Waals surface area contributed by atoms with E-state index in [0.717, 1.165) is 6.20 Å². The summed E-state index contributed by atoms with van der Waals surface area (Å²) in [6.45, 7) is -0.191. The molecule has 0 aromatic carbocycles. The molecular formula is C7H7BrF3N3O. The summed E-state index contributed by atoms with van der Waals surface area (Å²) < 4.78 is 39.8. The van der Waals surface area contributed by atoms with Crippen molar-refractivity contribution < 1.29 is 17.9 Å². The lowest BCUT2D eigenvalue weighted by atomic mass is 10.2. The van der Waals surface area contributed by atoms with Crippen molar-refractivity contribution in [3.8, 4) is 5.88 Å². The Kier molecular flexibility index (Phi) is 3.40. The van der Waals surface area contributed by atoms with E-state index in [2.05, 4.69) is 25.7 Å². The number of ether oxygens (including phenoxy) is 1. The molecule has 4 nitrogen and oxygen atoms in total. The Labute approximate surface area is 91.5 Å². The first kappa shape index (κ1) is 12.1. The molecule has 0 aliphatic heterocycles. The van der Waals surface area contributed by atoms with E-state index in [1.165, 1.54) is 0 Å². The van der Waals surface area contributed by atoms with Crippen molar-refractivity contribution in [2.24, 2.45) is 5.73 Å².